The summed E-state index contributed by atoms with van der Waals surface area (Å²) in [4.78, 5) is 0. The van der Waals surface area contributed by atoms with Crippen molar-refractivity contribution in [1.29, 1.82) is 0 Å². The molecule has 1 aliphatic carbocycles. The van der Waals surface area contributed by atoms with Gasteiger partial charge in [-0.05, 0) is 30.4 Å². The highest BCUT2D eigenvalue weighted by molar-refractivity contribution is 5.33. The molecule has 0 aromatic heterocycles. The van der Waals surface area contributed by atoms with Crippen molar-refractivity contribution in [3.63, 3.8) is 0 Å². The van der Waals surface area contributed by atoms with E-state index >= 15 is 0 Å². The molecule has 0 aliphatic heterocycles. The molecule has 0 amide bonds. The molecule has 1 nitrogen and oxygen atoms in total. The van der Waals surface area contributed by atoms with Gasteiger partial charge in [0.1, 0.15) is 0 Å². The molecule has 1 saturated carbocycles. The molecule has 1 fully saturated rings. The van der Waals surface area contributed by atoms with Gasteiger partial charge in [-0.3, -0.25) is 0 Å². The van der Waals surface area contributed by atoms with Crippen LogP contribution in [0, 0.1) is 0 Å². The van der Waals surface area contributed by atoms with Gasteiger partial charge < -0.3 is 5.11 Å². The fourth-order valence-corrected chi connectivity index (χ4v) is 1.78. The zero-order valence-electron chi connectivity index (χ0n) is 8.09. The minimum absolute atomic E-state index is 0.131. The quantitative estimate of drug-likeness (QED) is 0.749. The first-order valence-corrected chi connectivity index (χ1v) is 5.01. The summed E-state index contributed by atoms with van der Waals surface area (Å²) in [5.74, 6) is 0. The summed E-state index contributed by atoms with van der Waals surface area (Å²) in [5, 5.41) is 9.24. The molecule has 0 heterocycles. The molecule has 0 spiro atoms. The maximum absolute atomic E-state index is 9.24. The number of hydrogen-bond acceptors (Lipinski definition) is 1. The van der Waals surface area contributed by atoms with E-state index in [-0.39, 0.29) is 5.41 Å². The first-order valence-electron chi connectivity index (χ1n) is 5.01. The molecular weight excluding hydrogens is 160 g/mol. The zero-order chi connectivity index (χ0) is 9.31. The van der Waals surface area contributed by atoms with E-state index in [1.807, 2.05) is 0 Å². The lowest BCUT2D eigenvalue weighted by Crippen LogP contribution is -2.11. The summed E-state index contributed by atoms with van der Waals surface area (Å²) in [6.07, 6.45) is 3.39. The van der Waals surface area contributed by atoms with Crippen molar-refractivity contribution in [1.82, 2.24) is 0 Å². The van der Waals surface area contributed by atoms with Crippen LogP contribution in [-0.2, 0) is 11.8 Å². The second kappa shape index (κ2) is 3.15. The Morgan fingerprint density at radius 2 is 1.85 bits per heavy atom. The van der Waals surface area contributed by atoms with Crippen molar-refractivity contribution in [2.75, 3.05) is 6.61 Å². The molecule has 1 N–H and O–H groups in total. The van der Waals surface area contributed by atoms with Crippen LogP contribution in [0.1, 0.15) is 30.9 Å². The Balaban J connectivity index is 2.23. The van der Waals surface area contributed by atoms with Gasteiger partial charge in [0, 0.05) is 5.41 Å². The highest BCUT2D eigenvalue weighted by Crippen LogP contribution is 2.47. The minimum Gasteiger partial charge on any atom is -0.395 e. The summed E-state index contributed by atoms with van der Waals surface area (Å²) in [6, 6.07) is 8.68. The lowest BCUT2D eigenvalue weighted by Gasteiger charge is -2.12. The standard InChI is InChI=1S/C12H16O/c1-2-10-3-5-11(6-4-10)12(9-13)7-8-12/h3-6,13H,2,7-9H2,1H3. The lowest BCUT2D eigenvalue weighted by atomic mass is 9.96. The van der Waals surface area contributed by atoms with E-state index in [1.54, 1.807) is 0 Å². The summed E-state index contributed by atoms with van der Waals surface area (Å²) < 4.78 is 0. The van der Waals surface area contributed by atoms with Gasteiger partial charge in [-0.15, -0.1) is 0 Å². The highest BCUT2D eigenvalue weighted by atomic mass is 16.3. The van der Waals surface area contributed by atoms with Crippen LogP contribution >= 0.6 is 0 Å². The van der Waals surface area contributed by atoms with Crippen molar-refractivity contribution in [2.24, 2.45) is 0 Å². The monoisotopic (exact) mass is 176 g/mol. The van der Waals surface area contributed by atoms with Crippen molar-refractivity contribution in [3.05, 3.63) is 35.4 Å². The lowest BCUT2D eigenvalue weighted by molar-refractivity contribution is 0.255. The van der Waals surface area contributed by atoms with E-state index in [4.69, 9.17) is 0 Å². The van der Waals surface area contributed by atoms with Crippen LogP contribution in [0.3, 0.4) is 0 Å². The van der Waals surface area contributed by atoms with Gasteiger partial charge in [0.2, 0.25) is 0 Å². The largest absolute Gasteiger partial charge is 0.395 e. The van der Waals surface area contributed by atoms with Crippen LogP contribution in [0.15, 0.2) is 24.3 Å². The average Bonchev–Trinajstić information content (AvgIpc) is 2.99. The predicted molar refractivity (Wildman–Crippen MR) is 53.8 cm³/mol. The summed E-state index contributed by atoms with van der Waals surface area (Å²) in [5.41, 5.74) is 2.82. The van der Waals surface area contributed by atoms with Gasteiger partial charge in [0.25, 0.3) is 0 Å². The molecule has 1 heteroatoms. The number of aliphatic hydroxyl groups excluding tert-OH is 1. The molecule has 0 atom stereocenters. The van der Waals surface area contributed by atoms with Crippen molar-refractivity contribution in [2.45, 2.75) is 31.6 Å². The number of aryl methyl sites for hydroxylation is 1. The second-order valence-corrected chi connectivity index (χ2v) is 3.99. The third-order valence-corrected chi connectivity index (χ3v) is 3.13. The molecule has 0 unspecified atom stereocenters. The Kier molecular flexibility index (Phi) is 2.12. The van der Waals surface area contributed by atoms with Crippen LogP contribution in [0.2, 0.25) is 0 Å². The molecule has 0 saturated heterocycles. The molecule has 0 bridgehead atoms. The number of aliphatic hydroxyl groups is 1. The molecular formula is C12H16O. The van der Waals surface area contributed by atoms with Gasteiger partial charge >= 0.3 is 0 Å². The SMILES string of the molecule is CCc1ccc(C2(CO)CC2)cc1. The Morgan fingerprint density at radius 3 is 2.23 bits per heavy atom. The van der Waals surface area contributed by atoms with Crippen molar-refractivity contribution in [3.8, 4) is 0 Å². The van der Waals surface area contributed by atoms with E-state index in [9.17, 15) is 5.11 Å². The van der Waals surface area contributed by atoms with Gasteiger partial charge in [-0.1, -0.05) is 31.2 Å². The number of rotatable bonds is 3. The Labute approximate surface area is 79.4 Å². The Bertz CT molecular complexity index is 282. The summed E-state index contributed by atoms with van der Waals surface area (Å²) in [7, 11) is 0. The molecule has 0 radical (unpaired) electrons. The third-order valence-electron chi connectivity index (χ3n) is 3.13. The van der Waals surface area contributed by atoms with E-state index in [2.05, 4.69) is 31.2 Å². The maximum Gasteiger partial charge on any atom is 0.0527 e. The van der Waals surface area contributed by atoms with Crippen LogP contribution in [0.5, 0.6) is 0 Å². The first-order chi connectivity index (χ1) is 6.30. The predicted octanol–water partition coefficient (Wildman–Crippen LogP) is 2.27. The number of hydrogen-bond donors (Lipinski definition) is 1. The molecule has 2 rings (SSSR count). The Morgan fingerprint density at radius 1 is 1.23 bits per heavy atom. The van der Waals surface area contributed by atoms with Crippen LogP contribution < -0.4 is 0 Å². The van der Waals surface area contributed by atoms with Crippen molar-refractivity contribution < 1.29 is 5.11 Å². The molecule has 1 aromatic rings. The fourth-order valence-electron chi connectivity index (χ4n) is 1.78. The van der Waals surface area contributed by atoms with E-state index < -0.39 is 0 Å². The second-order valence-electron chi connectivity index (χ2n) is 3.99. The molecule has 1 aliphatic rings. The molecule has 1 aromatic carbocycles. The normalized spacial score (nSPS) is 18.6. The fraction of sp³-hybridized carbons (Fsp3) is 0.500. The van der Waals surface area contributed by atoms with Crippen LogP contribution in [0.25, 0.3) is 0 Å². The van der Waals surface area contributed by atoms with Gasteiger partial charge in [0.05, 0.1) is 6.61 Å². The minimum atomic E-state index is 0.131. The molecule has 70 valence electrons. The van der Waals surface area contributed by atoms with Gasteiger partial charge in [-0.2, -0.15) is 0 Å². The third kappa shape index (κ3) is 1.49. The van der Waals surface area contributed by atoms with Crippen LogP contribution in [0.4, 0.5) is 0 Å². The van der Waals surface area contributed by atoms with Gasteiger partial charge in [-0.25, -0.2) is 0 Å². The Hall–Kier alpha value is -0.820. The topological polar surface area (TPSA) is 20.2 Å². The summed E-state index contributed by atoms with van der Waals surface area (Å²) >= 11 is 0. The smallest absolute Gasteiger partial charge is 0.0527 e. The number of benzene rings is 1. The average molecular weight is 176 g/mol. The van der Waals surface area contributed by atoms with E-state index in [0.717, 1.165) is 19.3 Å². The van der Waals surface area contributed by atoms with Gasteiger partial charge in [0.15, 0.2) is 0 Å². The first kappa shape index (κ1) is 8.76. The van der Waals surface area contributed by atoms with E-state index in [1.165, 1.54) is 11.1 Å². The van der Waals surface area contributed by atoms with E-state index in [0.29, 0.717) is 6.61 Å². The zero-order valence-corrected chi connectivity index (χ0v) is 8.09. The van der Waals surface area contributed by atoms with Crippen molar-refractivity contribution >= 4 is 0 Å². The highest BCUT2D eigenvalue weighted by Gasteiger charge is 2.43. The molecule has 13 heavy (non-hydrogen) atoms. The van der Waals surface area contributed by atoms with Crippen LogP contribution in [-0.4, -0.2) is 11.7 Å². The summed E-state index contributed by atoms with van der Waals surface area (Å²) in [6.45, 7) is 2.46. The maximum atomic E-state index is 9.24.